The van der Waals surface area contributed by atoms with Crippen molar-refractivity contribution in [2.24, 2.45) is 5.92 Å². The number of hydrogen-bond donors (Lipinski definition) is 1. The Labute approximate surface area is 172 Å². The maximum absolute atomic E-state index is 12.9. The molecule has 0 atom stereocenters. The quantitative estimate of drug-likeness (QED) is 0.675. The summed E-state index contributed by atoms with van der Waals surface area (Å²) in [7, 11) is -3.80. The van der Waals surface area contributed by atoms with Crippen LogP contribution in [0, 0.1) is 5.92 Å². The van der Waals surface area contributed by atoms with E-state index in [4.69, 9.17) is 4.42 Å². The van der Waals surface area contributed by atoms with E-state index < -0.39 is 10.0 Å². The first-order chi connectivity index (χ1) is 14.0. The highest BCUT2D eigenvalue weighted by Gasteiger charge is 2.24. The van der Waals surface area contributed by atoms with E-state index in [1.165, 1.54) is 31.6 Å². The molecular weight excluding hydrogens is 388 g/mol. The van der Waals surface area contributed by atoms with Gasteiger partial charge >= 0.3 is 0 Å². The van der Waals surface area contributed by atoms with Crippen molar-refractivity contribution in [3.63, 3.8) is 0 Å². The smallest absolute Gasteiger partial charge is 0.237 e. The van der Waals surface area contributed by atoms with Gasteiger partial charge in [0.15, 0.2) is 0 Å². The minimum absolute atomic E-state index is 0.00527. The summed E-state index contributed by atoms with van der Waals surface area (Å²) in [6.45, 7) is 0.369. The minimum Gasteiger partial charge on any atom is -0.468 e. The summed E-state index contributed by atoms with van der Waals surface area (Å²) in [5, 5.41) is 4.05. The van der Waals surface area contributed by atoms with Crippen LogP contribution < -0.4 is 5.32 Å². The average Bonchev–Trinajstić information content (AvgIpc) is 3.25. The van der Waals surface area contributed by atoms with Gasteiger partial charge in [-0.25, -0.2) is 8.42 Å². The molecule has 1 aliphatic carbocycles. The average molecular weight is 417 g/mol. The molecule has 0 aliphatic heterocycles. The number of nitrogens with zero attached hydrogens (tertiary/aromatic N) is 1. The van der Waals surface area contributed by atoms with Gasteiger partial charge in [0, 0.05) is 12.0 Å². The molecule has 156 valence electrons. The van der Waals surface area contributed by atoms with E-state index in [1.807, 2.05) is 30.3 Å². The summed E-state index contributed by atoms with van der Waals surface area (Å²) in [4.78, 5) is 12.5. The lowest BCUT2D eigenvalue weighted by Gasteiger charge is -2.23. The predicted octanol–water partition coefficient (Wildman–Crippen LogP) is 3.78. The zero-order valence-corrected chi connectivity index (χ0v) is 17.3. The number of amides is 1. The lowest BCUT2D eigenvalue weighted by Crippen LogP contribution is -2.41. The number of sulfonamides is 1. The number of carbonyl (C=O) groups is 1. The highest BCUT2D eigenvalue weighted by Crippen LogP contribution is 2.22. The summed E-state index contributed by atoms with van der Waals surface area (Å²) in [6.07, 6.45) is 8.91. The Balaban J connectivity index is 1.66. The SMILES string of the molecule is O=C(CN(Cc1ccco1)S(=O)(=O)/C=C/c1ccccc1)NCC1CCCCC1. The second kappa shape index (κ2) is 10.4. The Kier molecular flexibility index (Phi) is 7.66. The van der Waals surface area contributed by atoms with Crippen LogP contribution in [0.3, 0.4) is 0 Å². The first kappa shape index (κ1) is 21.3. The monoisotopic (exact) mass is 416 g/mol. The van der Waals surface area contributed by atoms with Crippen molar-refractivity contribution in [3.05, 3.63) is 65.5 Å². The molecule has 1 aromatic heterocycles. The van der Waals surface area contributed by atoms with Crippen LogP contribution in [0.1, 0.15) is 43.4 Å². The van der Waals surface area contributed by atoms with Gasteiger partial charge in [-0.1, -0.05) is 49.6 Å². The van der Waals surface area contributed by atoms with Crippen LogP contribution in [0.4, 0.5) is 0 Å². The van der Waals surface area contributed by atoms with Gasteiger partial charge in [-0.15, -0.1) is 0 Å². The maximum Gasteiger partial charge on any atom is 0.237 e. The number of nitrogens with one attached hydrogen (secondary N) is 1. The van der Waals surface area contributed by atoms with E-state index in [2.05, 4.69) is 5.32 Å². The molecule has 1 amide bonds. The minimum atomic E-state index is -3.80. The van der Waals surface area contributed by atoms with Gasteiger partial charge in [-0.05, 0) is 42.5 Å². The van der Waals surface area contributed by atoms with Gasteiger partial charge in [0.1, 0.15) is 5.76 Å². The van der Waals surface area contributed by atoms with E-state index in [-0.39, 0.29) is 19.0 Å². The third-order valence-electron chi connectivity index (χ3n) is 5.14. The zero-order valence-electron chi connectivity index (χ0n) is 16.5. The van der Waals surface area contributed by atoms with Crippen LogP contribution in [0.15, 0.2) is 58.6 Å². The summed E-state index contributed by atoms with van der Waals surface area (Å²) >= 11 is 0. The summed E-state index contributed by atoms with van der Waals surface area (Å²) in [5.74, 6) is 0.682. The normalized spacial score (nSPS) is 15.8. The van der Waals surface area contributed by atoms with Crippen molar-refractivity contribution in [1.82, 2.24) is 9.62 Å². The molecule has 1 aliphatic rings. The second-order valence-corrected chi connectivity index (χ2v) is 9.23. The van der Waals surface area contributed by atoms with Gasteiger partial charge in [0.05, 0.1) is 19.4 Å². The molecule has 1 N–H and O–H groups in total. The topological polar surface area (TPSA) is 79.6 Å². The molecule has 0 spiro atoms. The fourth-order valence-electron chi connectivity index (χ4n) is 3.49. The Hall–Kier alpha value is -2.38. The fourth-order valence-corrected chi connectivity index (χ4v) is 4.60. The first-order valence-corrected chi connectivity index (χ1v) is 11.6. The Morgan fingerprint density at radius 2 is 1.86 bits per heavy atom. The predicted molar refractivity (Wildman–Crippen MR) is 113 cm³/mol. The van der Waals surface area contributed by atoms with Crippen molar-refractivity contribution >= 4 is 22.0 Å². The molecule has 0 radical (unpaired) electrons. The van der Waals surface area contributed by atoms with E-state index in [0.717, 1.165) is 28.1 Å². The molecule has 1 aromatic carbocycles. The third-order valence-corrected chi connectivity index (χ3v) is 6.59. The van der Waals surface area contributed by atoms with Gasteiger partial charge in [0.2, 0.25) is 15.9 Å². The molecular formula is C22H28N2O4S. The first-order valence-electron chi connectivity index (χ1n) is 10.1. The lowest BCUT2D eigenvalue weighted by atomic mass is 9.89. The number of carbonyl (C=O) groups excluding carboxylic acids is 1. The van der Waals surface area contributed by atoms with E-state index in [9.17, 15) is 13.2 Å². The molecule has 2 aromatic rings. The van der Waals surface area contributed by atoms with E-state index >= 15 is 0 Å². The van der Waals surface area contributed by atoms with Crippen LogP contribution >= 0.6 is 0 Å². The fraction of sp³-hybridized carbons (Fsp3) is 0.409. The van der Waals surface area contributed by atoms with Gasteiger partial charge in [-0.3, -0.25) is 4.79 Å². The molecule has 29 heavy (non-hydrogen) atoms. The van der Waals surface area contributed by atoms with Gasteiger partial charge in [-0.2, -0.15) is 4.31 Å². The molecule has 0 bridgehead atoms. The molecule has 7 heteroatoms. The number of benzene rings is 1. The molecule has 1 saturated carbocycles. The summed E-state index contributed by atoms with van der Waals surface area (Å²) < 4.78 is 32.2. The maximum atomic E-state index is 12.9. The highest BCUT2D eigenvalue weighted by molar-refractivity contribution is 7.92. The molecule has 1 heterocycles. The molecule has 3 rings (SSSR count). The van der Waals surface area contributed by atoms with E-state index in [1.54, 1.807) is 12.1 Å². The number of rotatable bonds is 9. The third kappa shape index (κ3) is 6.87. The zero-order chi connectivity index (χ0) is 20.5. The van der Waals surface area contributed by atoms with Crippen molar-refractivity contribution in [1.29, 1.82) is 0 Å². The molecule has 0 unspecified atom stereocenters. The van der Waals surface area contributed by atoms with Crippen LogP contribution in [0.5, 0.6) is 0 Å². The highest BCUT2D eigenvalue weighted by atomic mass is 32.2. The van der Waals surface area contributed by atoms with Crippen molar-refractivity contribution < 1.29 is 17.6 Å². The molecule has 0 saturated heterocycles. The van der Waals surface area contributed by atoms with E-state index in [0.29, 0.717) is 18.2 Å². The largest absolute Gasteiger partial charge is 0.468 e. The van der Waals surface area contributed by atoms with Crippen LogP contribution in [0.25, 0.3) is 6.08 Å². The molecule has 1 fully saturated rings. The standard InChI is InChI=1S/C22H28N2O4S/c25-22(23-16-20-10-5-2-6-11-20)18-24(17-21-12-7-14-28-21)29(26,27)15-13-19-8-3-1-4-9-19/h1,3-4,7-9,12-15,20H,2,5-6,10-11,16-18H2,(H,23,25)/b15-13+. The molecule has 6 nitrogen and oxygen atoms in total. The number of hydrogen-bond acceptors (Lipinski definition) is 4. The second-order valence-electron chi connectivity index (χ2n) is 7.41. The Morgan fingerprint density at radius 1 is 1.10 bits per heavy atom. The van der Waals surface area contributed by atoms with Gasteiger partial charge in [0.25, 0.3) is 0 Å². The van der Waals surface area contributed by atoms with Crippen LogP contribution in [-0.4, -0.2) is 31.7 Å². The van der Waals surface area contributed by atoms with Crippen molar-refractivity contribution in [2.45, 2.75) is 38.6 Å². The number of furan rings is 1. The Bertz CT molecular complexity index is 886. The Morgan fingerprint density at radius 3 is 2.55 bits per heavy atom. The summed E-state index contributed by atoms with van der Waals surface area (Å²) in [5.41, 5.74) is 0.774. The van der Waals surface area contributed by atoms with Crippen molar-refractivity contribution in [3.8, 4) is 0 Å². The van der Waals surface area contributed by atoms with Crippen LogP contribution in [0.2, 0.25) is 0 Å². The summed E-state index contributed by atoms with van der Waals surface area (Å²) in [6, 6.07) is 12.6. The van der Waals surface area contributed by atoms with Crippen LogP contribution in [-0.2, 0) is 21.4 Å². The van der Waals surface area contributed by atoms with Gasteiger partial charge < -0.3 is 9.73 Å². The van der Waals surface area contributed by atoms with Crippen molar-refractivity contribution in [2.75, 3.05) is 13.1 Å². The lowest BCUT2D eigenvalue weighted by molar-refractivity contribution is -0.121.